The van der Waals surface area contributed by atoms with Crippen molar-refractivity contribution in [1.82, 2.24) is 4.90 Å². The topological polar surface area (TPSA) is 51.1 Å². The van der Waals surface area contributed by atoms with Crippen molar-refractivity contribution in [2.75, 3.05) is 13.7 Å². The second-order valence-corrected chi connectivity index (χ2v) is 6.28. The van der Waals surface area contributed by atoms with Crippen LogP contribution in [0.25, 0.3) is 0 Å². The van der Waals surface area contributed by atoms with Gasteiger partial charge in [0.2, 0.25) is 0 Å². The Morgan fingerprint density at radius 2 is 2.04 bits per heavy atom. The highest BCUT2D eigenvalue weighted by atomic mass is 16.5. The average Bonchev–Trinajstić information content (AvgIpc) is 3.08. The highest BCUT2D eigenvalue weighted by molar-refractivity contribution is 6.03. The Morgan fingerprint density at radius 3 is 2.84 bits per heavy atom. The van der Waals surface area contributed by atoms with Gasteiger partial charge in [0.05, 0.1) is 24.4 Å². The summed E-state index contributed by atoms with van der Waals surface area (Å²) in [5, 5.41) is 0. The van der Waals surface area contributed by atoms with Crippen molar-refractivity contribution in [2.24, 2.45) is 4.99 Å². The molecular weight excluding hydrogens is 316 g/mol. The van der Waals surface area contributed by atoms with E-state index in [-0.39, 0.29) is 11.9 Å². The second-order valence-electron chi connectivity index (χ2n) is 6.28. The van der Waals surface area contributed by atoms with Gasteiger partial charge in [-0.2, -0.15) is 0 Å². The first-order valence-corrected chi connectivity index (χ1v) is 8.50. The smallest absolute Gasteiger partial charge is 0.256 e. The summed E-state index contributed by atoms with van der Waals surface area (Å²) >= 11 is 0. The van der Waals surface area contributed by atoms with Crippen molar-refractivity contribution in [1.29, 1.82) is 0 Å². The SMILES string of the molecule is COc1cc2c(cc1OCc1ccccc1)C(=O)N1CCC[C@H]1C=N2. The van der Waals surface area contributed by atoms with Crippen molar-refractivity contribution in [3.63, 3.8) is 0 Å². The number of fused-ring (bicyclic) bond motifs is 2. The molecule has 1 atom stereocenters. The number of amides is 1. The summed E-state index contributed by atoms with van der Waals surface area (Å²) in [4.78, 5) is 19.3. The van der Waals surface area contributed by atoms with Crippen LogP contribution < -0.4 is 9.47 Å². The third-order valence-electron chi connectivity index (χ3n) is 4.70. The summed E-state index contributed by atoms with van der Waals surface area (Å²) in [5.74, 6) is 1.16. The molecule has 0 N–H and O–H groups in total. The van der Waals surface area contributed by atoms with Gasteiger partial charge < -0.3 is 14.4 Å². The first-order valence-electron chi connectivity index (χ1n) is 8.50. The zero-order valence-electron chi connectivity index (χ0n) is 14.1. The summed E-state index contributed by atoms with van der Waals surface area (Å²) in [7, 11) is 1.59. The lowest BCUT2D eigenvalue weighted by atomic mass is 10.1. The third-order valence-corrected chi connectivity index (χ3v) is 4.70. The molecule has 128 valence electrons. The van der Waals surface area contributed by atoms with Crippen LogP contribution in [0.3, 0.4) is 0 Å². The number of hydrogen-bond donors (Lipinski definition) is 0. The van der Waals surface area contributed by atoms with Crippen LogP contribution >= 0.6 is 0 Å². The molecule has 0 aromatic heterocycles. The number of hydrogen-bond acceptors (Lipinski definition) is 4. The minimum absolute atomic E-state index is 0.0159. The van der Waals surface area contributed by atoms with Gasteiger partial charge in [0.1, 0.15) is 6.61 Å². The first-order chi connectivity index (χ1) is 12.3. The molecular formula is C20H20N2O3. The van der Waals surface area contributed by atoms with Gasteiger partial charge in [0.15, 0.2) is 11.5 Å². The molecule has 0 bridgehead atoms. The van der Waals surface area contributed by atoms with Gasteiger partial charge in [-0.15, -0.1) is 0 Å². The fourth-order valence-corrected chi connectivity index (χ4v) is 3.36. The predicted molar refractivity (Wildman–Crippen MR) is 96.0 cm³/mol. The number of rotatable bonds is 4. The molecule has 1 saturated heterocycles. The highest BCUT2D eigenvalue weighted by Gasteiger charge is 2.32. The van der Waals surface area contributed by atoms with Gasteiger partial charge >= 0.3 is 0 Å². The Kier molecular flexibility index (Phi) is 4.14. The Balaban J connectivity index is 1.66. The summed E-state index contributed by atoms with van der Waals surface area (Å²) in [6.45, 7) is 1.20. The molecule has 0 spiro atoms. The molecule has 1 fully saturated rings. The van der Waals surface area contributed by atoms with Crippen LogP contribution in [-0.4, -0.2) is 36.7 Å². The van der Waals surface area contributed by atoms with E-state index in [9.17, 15) is 4.79 Å². The fourth-order valence-electron chi connectivity index (χ4n) is 3.36. The van der Waals surface area contributed by atoms with Gasteiger partial charge in [-0.1, -0.05) is 30.3 Å². The molecule has 1 amide bonds. The van der Waals surface area contributed by atoms with Gasteiger partial charge in [-0.25, -0.2) is 0 Å². The highest BCUT2D eigenvalue weighted by Crippen LogP contribution is 2.38. The number of methoxy groups -OCH3 is 1. The van der Waals surface area contributed by atoms with Gasteiger partial charge in [0, 0.05) is 18.8 Å². The zero-order valence-corrected chi connectivity index (χ0v) is 14.1. The summed E-state index contributed by atoms with van der Waals surface area (Å²) < 4.78 is 11.4. The third kappa shape index (κ3) is 2.97. The Morgan fingerprint density at radius 1 is 1.20 bits per heavy atom. The van der Waals surface area contributed by atoms with Crippen LogP contribution in [0.2, 0.25) is 0 Å². The molecule has 5 nitrogen and oxygen atoms in total. The molecule has 2 aromatic carbocycles. The van der Waals surface area contributed by atoms with Gasteiger partial charge in [-0.3, -0.25) is 9.79 Å². The number of carbonyl (C=O) groups excluding carboxylic acids is 1. The van der Waals surface area contributed by atoms with Crippen molar-refractivity contribution in [3.05, 3.63) is 53.6 Å². The normalized spacial score (nSPS) is 18.5. The van der Waals surface area contributed by atoms with E-state index >= 15 is 0 Å². The predicted octanol–water partition coefficient (Wildman–Crippen LogP) is 3.59. The fraction of sp³-hybridized carbons (Fsp3) is 0.300. The van der Waals surface area contributed by atoms with Crippen LogP contribution in [0.1, 0.15) is 28.8 Å². The summed E-state index contributed by atoms with van der Waals surface area (Å²) in [5.41, 5.74) is 2.27. The molecule has 0 aliphatic carbocycles. The van der Waals surface area contributed by atoms with Gasteiger partial charge in [0.25, 0.3) is 5.91 Å². The maximum atomic E-state index is 12.9. The van der Waals surface area contributed by atoms with Crippen molar-refractivity contribution in [2.45, 2.75) is 25.5 Å². The van der Waals surface area contributed by atoms with Crippen molar-refractivity contribution < 1.29 is 14.3 Å². The lowest BCUT2D eigenvalue weighted by Gasteiger charge is -2.20. The molecule has 4 rings (SSSR count). The van der Waals surface area contributed by atoms with Crippen molar-refractivity contribution >= 4 is 17.8 Å². The van der Waals surface area contributed by atoms with Crippen LogP contribution in [0.4, 0.5) is 5.69 Å². The lowest BCUT2D eigenvalue weighted by Crippen LogP contribution is -2.35. The number of aliphatic imine (C=N–C) groups is 1. The molecule has 25 heavy (non-hydrogen) atoms. The van der Waals surface area contributed by atoms with Crippen LogP contribution in [0, 0.1) is 0 Å². The minimum Gasteiger partial charge on any atom is -0.493 e. The Bertz CT molecular complexity index is 817. The Hall–Kier alpha value is -2.82. The number of carbonyl (C=O) groups is 1. The van der Waals surface area contributed by atoms with Crippen LogP contribution in [0.15, 0.2) is 47.5 Å². The van der Waals surface area contributed by atoms with Crippen molar-refractivity contribution in [3.8, 4) is 11.5 Å². The first kappa shape index (κ1) is 15.7. The zero-order chi connectivity index (χ0) is 17.2. The van der Waals surface area contributed by atoms with E-state index in [0.717, 1.165) is 24.9 Å². The van der Waals surface area contributed by atoms with E-state index in [2.05, 4.69) is 4.99 Å². The molecule has 0 radical (unpaired) electrons. The number of nitrogens with zero attached hydrogens (tertiary/aromatic N) is 2. The minimum atomic E-state index is 0.0159. The average molecular weight is 336 g/mol. The van der Waals surface area contributed by atoms with Crippen LogP contribution in [-0.2, 0) is 6.61 Å². The maximum Gasteiger partial charge on any atom is 0.256 e. The van der Waals surface area contributed by atoms with Gasteiger partial charge in [-0.05, 0) is 24.5 Å². The summed E-state index contributed by atoms with van der Waals surface area (Å²) in [6, 6.07) is 13.6. The largest absolute Gasteiger partial charge is 0.493 e. The molecule has 2 aliphatic rings. The monoisotopic (exact) mass is 336 g/mol. The van der Waals surface area contributed by atoms with E-state index < -0.39 is 0 Å². The lowest BCUT2D eigenvalue weighted by molar-refractivity contribution is 0.0774. The standard InChI is InChI=1S/C20H20N2O3/c1-24-18-11-17-16(20(23)22-9-5-8-15(22)12-21-17)10-19(18)25-13-14-6-3-2-4-7-14/h2-4,6-7,10-12,15H,5,8-9,13H2,1H3/t15-/m0/s1. The van der Waals surface area contributed by atoms with E-state index in [4.69, 9.17) is 9.47 Å². The number of ether oxygens (including phenoxy) is 2. The molecule has 2 aliphatic heterocycles. The van der Waals surface area contributed by atoms with E-state index in [1.807, 2.05) is 41.4 Å². The summed E-state index contributed by atoms with van der Waals surface area (Å²) in [6.07, 6.45) is 3.86. The molecule has 0 unspecified atom stereocenters. The molecule has 5 heteroatoms. The van der Waals surface area contributed by atoms with E-state index in [0.29, 0.717) is 29.4 Å². The number of benzene rings is 2. The van der Waals surface area contributed by atoms with Crippen LogP contribution in [0.5, 0.6) is 11.5 Å². The molecule has 2 aromatic rings. The molecule has 2 heterocycles. The molecule has 0 saturated carbocycles. The van der Waals surface area contributed by atoms with E-state index in [1.165, 1.54) is 0 Å². The second kappa shape index (κ2) is 6.59. The Labute approximate surface area is 146 Å². The van der Waals surface area contributed by atoms with E-state index in [1.54, 1.807) is 19.2 Å². The maximum absolute atomic E-state index is 12.9. The quantitative estimate of drug-likeness (QED) is 0.857.